The van der Waals surface area contributed by atoms with Crippen molar-refractivity contribution < 1.29 is 13.5 Å². The molecule has 1 rings (SSSR count). The lowest BCUT2D eigenvalue weighted by molar-refractivity contribution is 0.135. The second kappa shape index (κ2) is 6.03. The molecule has 0 amide bonds. The number of sulfone groups is 1. The predicted molar refractivity (Wildman–Crippen MR) is 80.9 cm³/mol. The molecule has 0 saturated heterocycles. The molecular formula is C13H23ClN2O3S. The lowest BCUT2D eigenvalue weighted by Gasteiger charge is -2.28. The molecule has 0 aliphatic heterocycles. The Morgan fingerprint density at radius 1 is 1.40 bits per heavy atom. The molecule has 0 saturated carbocycles. The average molecular weight is 323 g/mol. The van der Waals surface area contributed by atoms with Gasteiger partial charge in [0.1, 0.15) is 0 Å². The number of aliphatic hydroxyl groups excluding tert-OH is 1. The molecule has 0 spiro atoms. The number of rotatable bonds is 6. The number of hydrogen-bond donors (Lipinski definition) is 1. The Kier molecular flexibility index (Phi) is 5.27. The summed E-state index contributed by atoms with van der Waals surface area (Å²) >= 11 is 6.27. The lowest BCUT2D eigenvalue weighted by Crippen LogP contribution is -2.44. The van der Waals surface area contributed by atoms with Gasteiger partial charge in [-0.05, 0) is 27.2 Å². The smallest absolute Gasteiger partial charge is 0.155 e. The highest BCUT2D eigenvalue weighted by Crippen LogP contribution is 2.28. The summed E-state index contributed by atoms with van der Waals surface area (Å²) in [5, 5.41) is 15.2. The minimum Gasteiger partial charge on any atom is -0.391 e. The van der Waals surface area contributed by atoms with E-state index in [1.54, 1.807) is 4.68 Å². The Bertz CT molecular complexity index is 579. The van der Waals surface area contributed by atoms with Crippen LogP contribution in [0.4, 0.5) is 0 Å². The highest BCUT2D eigenvalue weighted by molar-refractivity contribution is 7.92. The van der Waals surface area contributed by atoms with E-state index in [4.69, 9.17) is 11.6 Å². The first kappa shape index (κ1) is 17.5. The van der Waals surface area contributed by atoms with E-state index in [2.05, 4.69) is 5.10 Å². The SMILES string of the molecule is CCc1nn(CC)c(CC(O)C(C)(C)S(C)(=O)=O)c1Cl. The first-order chi connectivity index (χ1) is 9.06. The van der Waals surface area contributed by atoms with Gasteiger partial charge in [-0.25, -0.2) is 8.42 Å². The first-order valence-corrected chi connectivity index (χ1v) is 8.94. The van der Waals surface area contributed by atoms with Gasteiger partial charge in [0.15, 0.2) is 9.84 Å². The van der Waals surface area contributed by atoms with Crippen LogP contribution < -0.4 is 0 Å². The minimum absolute atomic E-state index is 0.166. The Hall–Kier alpha value is -0.590. The van der Waals surface area contributed by atoms with Crippen LogP contribution in [0.15, 0.2) is 0 Å². The fourth-order valence-corrected chi connectivity index (χ4v) is 2.81. The number of aliphatic hydroxyl groups is 1. The van der Waals surface area contributed by atoms with Crippen molar-refractivity contribution in [3.05, 3.63) is 16.4 Å². The van der Waals surface area contributed by atoms with Crippen LogP contribution in [-0.4, -0.2) is 40.4 Å². The summed E-state index contributed by atoms with van der Waals surface area (Å²) < 4.78 is 24.0. The Morgan fingerprint density at radius 2 is 1.95 bits per heavy atom. The van der Waals surface area contributed by atoms with Crippen LogP contribution >= 0.6 is 11.6 Å². The van der Waals surface area contributed by atoms with Crippen molar-refractivity contribution in [1.29, 1.82) is 0 Å². The number of aryl methyl sites for hydroxylation is 2. The summed E-state index contributed by atoms with van der Waals surface area (Å²) in [5.74, 6) is 0. The van der Waals surface area contributed by atoms with Crippen LogP contribution in [0.25, 0.3) is 0 Å². The molecular weight excluding hydrogens is 300 g/mol. The van der Waals surface area contributed by atoms with Gasteiger partial charge in [0.2, 0.25) is 0 Å². The van der Waals surface area contributed by atoms with Gasteiger partial charge >= 0.3 is 0 Å². The van der Waals surface area contributed by atoms with Gasteiger partial charge in [-0.1, -0.05) is 18.5 Å². The minimum atomic E-state index is -3.38. The van der Waals surface area contributed by atoms with Crippen molar-refractivity contribution >= 4 is 21.4 Å². The third-order valence-corrected chi connectivity index (χ3v) is 6.46. The van der Waals surface area contributed by atoms with Crippen LogP contribution in [0.2, 0.25) is 5.02 Å². The molecule has 116 valence electrons. The zero-order valence-corrected chi connectivity index (χ0v) is 14.2. The molecule has 5 nitrogen and oxygen atoms in total. The molecule has 7 heteroatoms. The van der Waals surface area contributed by atoms with E-state index in [1.807, 2.05) is 13.8 Å². The van der Waals surface area contributed by atoms with E-state index < -0.39 is 20.7 Å². The molecule has 1 N–H and O–H groups in total. The maximum Gasteiger partial charge on any atom is 0.155 e. The van der Waals surface area contributed by atoms with Gasteiger partial charge in [-0.15, -0.1) is 0 Å². The molecule has 1 atom stereocenters. The van der Waals surface area contributed by atoms with Gasteiger partial charge in [0.25, 0.3) is 0 Å². The van der Waals surface area contributed by atoms with Crippen molar-refractivity contribution in [2.75, 3.05) is 6.26 Å². The summed E-state index contributed by atoms with van der Waals surface area (Å²) in [4.78, 5) is 0. The number of halogens is 1. The number of nitrogens with zero attached hydrogens (tertiary/aromatic N) is 2. The van der Waals surface area contributed by atoms with E-state index in [9.17, 15) is 13.5 Å². The Balaban J connectivity index is 3.14. The predicted octanol–water partition coefficient (Wildman–Crippen LogP) is 1.85. The maximum absolute atomic E-state index is 11.8. The van der Waals surface area contributed by atoms with Crippen LogP contribution in [0, 0.1) is 0 Å². The quantitative estimate of drug-likeness (QED) is 0.867. The average Bonchev–Trinajstić information content (AvgIpc) is 2.64. The second-order valence-corrected chi connectivity index (χ2v) is 8.45. The first-order valence-electron chi connectivity index (χ1n) is 6.67. The zero-order valence-electron chi connectivity index (χ0n) is 12.6. The number of aromatic nitrogens is 2. The monoisotopic (exact) mass is 322 g/mol. The molecule has 1 unspecified atom stereocenters. The fourth-order valence-electron chi connectivity index (χ4n) is 1.89. The van der Waals surface area contributed by atoms with Crippen LogP contribution in [-0.2, 0) is 29.2 Å². The van der Waals surface area contributed by atoms with E-state index in [0.717, 1.165) is 11.9 Å². The van der Waals surface area contributed by atoms with Crippen molar-refractivity contribution in [3.8, 4) is 0 Å². The van der Waals surface area contributed by atoms with Crippen molar-refractivity contribution in [2.24, 2.45) is 0 Å². The summed E-state index contributed by atoms with van der Waals surface area (Å²) in [5.41, 5.74) is 1.46. The molecule has 0 bridgehead atoms. The highest BCUT2D eigenvalue weighted by Gasteiger charge is 2.39. The molecule has 0 aliphatic rings. The van der Waals surface area contributed by atoms with Crippen LogP contribution in [0.5, 0.6) is 0 Å². The molecule has 0 radical (unpaired) electrons. The van der Waals surface area contributed by atoms with E-state index in [0.29, 0.717) is 23.7 Å². The van der Waals surface area contributed by atoms with E-state index >= 15 is 0 Å². The summed E-state index contributed by atoms with van der Waals surface area (Å²) in [6.45, 7) is 7.55. The van der Waals surface area contributed by atoms with Crippen molar-refractivity contribution in [3.63, 3.8) is 0 Å². The highest BCUT2D eigenvalue weighted by atomic mass is 35.5. The topological polar surface area (TPSA) is 72.2 Å². The molecule has 0 aromatic carbocycles. The summed E-state index contributed by atoms with van der Waals surface area (Å²) in [6, 6.07) is 0. The maximum atomic E-state index is 11.8. The fraction of sp³-hybridized carbons (Fsp3) is 0.769. The number of hydrogen-bond acceptors (Lipinski definition) is 4. The summed E-state index contributed by atoms with van der Waals surface area (Å²) in [6.07, 6.45) is 0.956. The molecule has 0 fully saturated rings. The Morgan fingerprint density at radius 3 is 2.35 bits per heavy atom. The van der Waals surface area contributed by atoms with Crippen molar-refractivity contribution in [2.45, 2.75) is 57.9 Å². The van der Waals surface area contributed by atoms with Gasteiger partial charge in [-0.3, -0.25) is 4.68 Å². The van der Waals surface area contributed by atoms with Gasteiger partial charge < -0.3 is 5.11 Å². The molecule has 1 heterocycles. The zero-order chi connectivity index (χ0) is 15.7. The third kappa shape index (κ3) is 3.18. The second-order valence-electron chi connectivity index (χ2n) is 5.47. The van der Waals surface area contributed by atoms with Crippen LogP contribution in [0.1, 0.15) is 39.1 Å². The normalized spacial score (nSPS) is 14.6. The van der Waals surface area contributed by atoms with E-state index in [1.165, 1.54) is 13.8 Å². The largest absolute Gasteiger partial charge is 0.391 e. The van der Waals surface area contributed by atoms with Gasteiger partial charge in [0.05, 0.1) is 27.3 Å². The summed E-state index contributed by atoms with van der Waals surface area (Å²) in [7, 11) is -3.38. The lowest BCUT2D eigenvalue weighted by atomic mass is 10.0. The van der Waals surface area contributed by atoms with Gasteiger partial charge in [0, 0.05) is 19.2 Å². The van der Waals surface area contributed by atoms with Gasteiger partial charge in [-0.2, -0.15) is 5.10 Å². The molecule has 0 aliphatic carbocycles. The molecule has 20 heavy (non-hydrogen) atoms. The van der Waals surface area contributed by atoms with Crippen molar-refractivity contribution in [1.82, 2.24) is 9.78 Å². The molecule has 1 aromatic heterocycles. The Labute approximate surface area is 125 Å². The van der Waals surface area contributed by atoms with E-state index in [-0.39, 0.29) is 6.42 Å². The van der Waals surface area contributed by atoms with Crippen LogP contribution in [0.3, 0.4) is 0 Å². The molecule has 1 aromatic rings. The third-order valence-electron chi connectivity index (χ3n) is 3.84. The standard InChI is InChI=1S/C13H23ClN2O3S/c1-6-9-12(14)10(16(7-2)15-9)8-11(17)13(3,4)20(5,18)19/h11,17H,6-8H2,1-5H3.